The van der Waals surface area contributed by atoms with E-state index in [0.717, 1.165) is 23.2 Å². The molecular formula is C31H33NOPY+. The van der Waals surface area contributed by atoms with E-state index in [4.69, 9.17) is 0 Å². The van der Waals surface area contributed by atoms with E-state index in [9.17, 15) is 4.79 Å². The monoisotopic (exact) mass is 555 g/mol. The van der Waals surface area contributed by atoms with Crippen molar-refractivity contribution >= 4 is 34.8 Å². The summed E-state index contributed by atoms with van der Waals surface area (Å²) in [6.45, 7) is 8.38. The van der Waals surface area contributed by atoms with Gasteiger partial charge in [0, 0.05) is 38.4 Å². The molecule has 0 aliphatic carbocycles. The minimum atomic E-state index is -2.31. The number of rotatable bonds is 7. The van der Waals surface area contributed by atoms with Crippen molar-refractivity contribution in [1.82, 2.24) is 0 Å². The fourth-order valence-electron chi connectivity index (χ4n) is 5.20. The molecule has 35 heavy (non-hydrogen) atoms. The first kappa shape index (κ1) is 27.5. The van der Waals surface area contributed by atoms with Crippen molar-refractivity contribution in [1.29, 1.82) is 0 Å². The van der Waals surface area contributed by atoms with Crippen LogP contribution in [-0.2, 0) is 37.5 Å². The van der Waals surface area contributed by atoms with Crippen LogP contribution in [0.1, 0.15) is 30.0 Å². The van der Waals surface area contributed by atoms with Crippen LogP contribution >= 0.6 is 7.26 Å². The summed E-state index contributed by atoms with van der Waals surface area (Å²) in [5, 5.41) is 7.05. The molecule has 0 aromatic heterocycles. The van der Waals surface area contributed by atoms with Gasteiger partial charge in [0.05, 0.1) is 0 Å². The molecule has 0 aliphatic heterocycles. The number of hydrogen-bond acceptors (Lipinski definition) is 1. The molecular weight excluding hydrogens is 522 g/mol. The van der Waals surface area contributed by atoms with E-state index in [1.54, 1.807) is 0 Å². The van der Waals surface area contributed by atoms with Crippen LogP contribution in [0.5, 0.6) is 0 Å². The SMILES string of the molecule is CCC(C(=O)Nc1c(C)cc(C)cc1C)[P+](c1ccccc1)(c1ccccc1)c1ccccc1.[Y]. The Balaban J connectivity index is 0.00000342. The summed E-state index contributed by atoms with van der Waals surface area (Å²) >= 11 is 0. The molecule has 4 aromatic carbocycles. The third kappa shape index (κ3) is 5.51. The zero-order valence-corrected chi connectivity index (χ0v) is 24.8. The Morgan fingerprint density at radius 1 is 0.714 bits per heavy atom. The van der Waals surface area contributed by atoms with Crippen molar-refractivity contribution in [3.63, 3.8) is 0 Å². The van der Waals surface area contributed by atoms with E-state index in [1.165, 1.54) is 21.5 Å². The van der Waals surface area contributed by atoms with Crippen LogP contribution in [0, 0.1) is 20.8 Å². The van der Waals surface area contributed by atoms with E-state index in [1.807, 2.05) is 18.2 Å². The molecule has 0 saturated carbocycles. The molecule has 1 atom stereocenters. The summed E-state index contributed by atoms with van der Waals surface area (Å²) in [6.07, 6.45) is 0.738. The third-order valence-electron chi connectivity index (χ3n) is 6.57. The van der Waals surface area contributed by atoms with E-state index in [0.29, 0.717) is 0 Å². The van der Waals surface area contributed by atoms with Gasteiger partial charge in [0.15, 0.2) is 5.66 Å². The molecule has 1 amide bonds. The van der Waals surface area contributed by atoms with Gasteiger partial charge in [-0.1, -0.05) is 79.2 Å². The van der Waals surface area contributed by atoms with Gasteiger partial charge in [-0.3, -0.25) is 4.79 Å². The van der Waals surface area contributed by atoms with Crippen molar-refractivity contribution in [3.8, 4) is 0 Å². The molecule has 4 aromatic rings. The molecule has 2 nitrogen and oxygen atoms in total. The van der Waals surface area contributed by atoms with Crippen molar-refractivity contribution in [2.24, 2.45) is 0 Å². The van der Waals surface area contributed by atoms with Gasteiger partial charge in [-0.05, 0) is 74.7 Å². The van der Waals surface area contributed by atoms with Crippen LogP contribution in [0.2, 0.25) is 0 Å². The van der Waals surface area contributed by atoms with Crippen LogP contribution < -0.4 is 21.2 Å². The van der Waals surface area contributed by atoms with Crippen molar-refractivity contribution < 1.29 is 37.5 Å². The van der Waals surface area contributed by atoms with E-state index in [2.05, 4.69) is 118 Å². The molecule has 0 bridgehead atoms. The molecule has 0 heterocycles. The summed E-state index contributed by atoms with van der Waals surface area (Å²) in [6, 6.07) is 36.2. The van der Waals surface area contributed by atoms with E-state index >= 15 is 0 Å². The van der Waals surface area contributed by atoms with Gasteiger partial charge in [0.1, 0.15) is 23.2 Å². The molecule has 1 radical (unpaired) electrons. The average Bonchev–Trinajstić information content (AvgIpc) is 2.86. The number of nitrogens with one attached hydrogen (secondary N) is 1. The second-order valence-corrected chi connectivity index (χ2v) is 12.5. The molecule has 0 spiro atoms. The molecule has 1 N–H and O–H groups in total. The number of benzene rings is 4. The van der Waals surface area contributed by atoms with E-state index < -0.39 is 7.26 Å². The zero-order chi connectivity index (χ0) is 24.1. The van der Waals surface area contributed by atoms with Crippen molar-refractivity contribution in [2.45, 2.75) is 39.8 Å². The fraction of sp³-hybridized carbons (Fsp3) is 0.194. The summed E-state index contributed by atoms with van der Waals surface area (Å²) in [4.78, 5) is 14.2. The van der Waals surface area contributed by atoms with Gasteiger partial charge in [-0.25, -0.2) is 0 Å². The predicted octanol–water partition coefficient (Wildman–Crippen LogP) is 6.32. The topological polar surface area (TPSA) is 29.1 Å². The summed E-state index contributed by atoms with van der Waals surface area (Å²) in [7, 11) is -2.31. The smallest absolute Gasteiger partial charge is 0.266 e. The number of aryl methyl sites for hydroxylation is 3. The van der Waals surface area contributed by atoms with Gasteiger partial charge < -0.3 is 5.32 Å². The molecule has 0 fully saturated rings. The van der Waals surface area contributed by atoms with Crippen LogP contribution in [0.25, 0.3) is 0 Å². The molecule has 1 unspecified atom stereocenters. The summed E-state index contributed by atoms with van der Waals surface area (Å²) in [5.41, 5.74) is 4.13. The molecule has 0 saturated heterocycles. The Morgan fingerprint density at radius 2 is 1.09 bits per heavy atom. The first-order chi connectivity index (χ1) is 16.5. The van der Waals surface area contributed by atoms with Gasteiger partial charge in [-0.15, -0.1) is 0 Å². The minimum absolute atomic E-state index is 0. The first-order valence-electron chi connectivity index (χ1n) is 11.9. The van der Waals surface area contributed by atoms with Crippen LogP contribution in [0.15, 0.2) is 103 Å². The largest absolute Gasteiger partial charge is 0.322 e. The Morgan fingerprint density at radius 3 is 1.43 bits per heavy atom. The van der Waals surface area contributed by atoms with Crippen molar-refractivity contribution in [3.05, 3.63) is 120 Å². The third-order valence-corrected chi connectivity index (χ3v) is 11.4. The van der Waals surface area contributed by atoms with Gasteiger partial charge in [-0.2, -0.15) is 0 Å². The standard InChI is InChI=1S/C31H32NOP.Y/c1-5-29(31(33)32-30-24(3)21-23(2)22-25(30)4)34(26-15-9-6-10-16-26,27-17-11-7-12-18-27)28-19-13-8-14-20-28;/h6-22,29H,5H2,1-4H3;/p+1. The maximum Gasteiger partial charge on any atom is 0.266 e. The van der Waals surface area contributed by atoms with E-state index in [-0.39, 0.29) is 44.3 Å². The maximum atomic E-state index is 14.2. The Hall–Kier alpha value is -2.12. The van der Waals surface area contributed by atoms with Gasteiger partial charge in [0.2, 0.25) is 0 Å². The number of anilines is 1. The Labute approximate surface area is 235 Å². The molecule has 175 valence electrons. The maximum absolute atomic E-state index is 14.2. The van der Waals surface area contributed by atoms with Crippen LogP contribution in [0.3, 0.4) is 0 Å². The number of carbonyl (C=O) groups excluding carboxylic acids is 1. The average molecular weight is 555 g/mol. The second-order valence-electron chi connectivity index (χ2n) is 8.92. The zero-order valence-electron chi connectivity index (χ0n) is 21.0. The Kier molecular flexibility index (Phi) is 9.59. The number of hydrogen-bond donors (Lipinski definition) is 1. The molecule has 4 heteroatoms. The summed E-state index contributed by atoms with van der Waals surface area (Å²) in [5.74, 6) is 0.0856. The summed E-state index contributed by atoms with van der Waals surface area (Å²) < 4.78 is 0. The van der Waals surface area contributed by atoms with Gasteiger partial charge in [0.25, 0.3) is 5.91 Å². The van der Waals surface area contributed by atoms with Crippen LogP contribution in [0.4, 0.5) is 5.69 Å². The molecule has 0 aliphatic rings. The normalized spacial score (nSPS) is 11.9. The molecule has 4 rings (SSSR count). The fourth-order valence-corrected chi connectivity index (χ4v) is 10.1. The predicted molar refractivity (Wildman–Crippen MR) is 149 cm³/mol. The quantitative estimate of drug-likeness (QED) is 0.266. The second kappa shape index (κ2) is 12.2. The van der Waals surface area contributed by atoms with Crippen molar-refractivity contribution in [2.75, 3.05) is 5.32 Å². The first-order valence-corrected chi connectivity index (χ1v) is 13.8. The van der Waals surface area contributed by atoms with Gasteiger partial charge >= 0.3 is 0 Å². The number of amides is 1. The number of carbonyl (C=O) groups is 1. The Bertz CT molecular complexity index is 1140. The van der Waals surface area contributed by atoms with Crippen LogP contribution in [-0.4, -0.2) is 11.6 Å². The minimum Gasteiger partial charge on any atom is -0.322 e.